The van der Waals surface area contributed by atoms with Crippen LogP contribution < -0.4 is 0 Å². The Morgan fingerprint density at radius 3 is 2.33 bits per heavy atom. The molecule has 1 aromatic carbocycles. The summed E-state index contributed by atoms with van der Waals surface area (Å²) in [5, 5.41) is 0. The highest BCUT2D eigenvalue weighted by Crippen LogP contribution is 2.19. The summed E-state index contributed by atoms with van der Waals surface area (Å²) >= 11 is 0. The summed E-state index contributed by atoms with van der Waals surface area (Å²) in [7, 11) is -3.64. The van der Waals surface area contributed by atoms with E-state index in [2.05, 4.69) is 5.92 Å². The molecule has 0 atom stereocenters. The molecule has 0 bridgehead atoms. The van der Waals surface area contributed by atoms with Crippen molar-refractivity contribution >= 4 is 10.0 Å². The zero-order chi connectivity index (χ0) is 15.5. The maximum absolute atomic E-state index is 12.6. The zero-order valence-corrected chi connectivity index (χ0v) is 12.9. The third-order valence-electron chi connectivity index (χ3n) is 3.05. The Balaban J connectivity index is 2.32. The average molecular weight is 303 g/mol. The zero-order valence-electron chi connectivity index (χ0n) is 12.0. The molecule has 0 N–H and O–H groups in total. The van der Waals surface area contributed by atoms with E-state index in [1.54, 1.807) is 36.4 Å². The first-order chi connectivity index (χ1) is 9.93. The van der Waals surface area contributed by atoms with Crippen molar-refractivity contribution in [2.24, 2.45) is 0 Å². The van der Waals surface area contributed by atoms with Gasteiger partial charge in [0, 0.05) is 0 Å². The molecule has 0 aliphatic rings. The molecule has 0 fully saturated rings. The molecule has 2 aromatic rings. The van der Waals surface area contributed by atoms with Gasteiger partial charge in [-0.25, -0.2) is 8.42 Å². The normalized spacial score (nSPS) is 11.5. The molecule has 0 aliphatic heterocycles. The third-order valence-corrected chi connectivity index (χ3v) is 4.86. The van der Waals surface area contributed by atoms with Gasteiger partial charge in [0.05, 0.1) is 18.0 Å². The van der Waals surface area contributed by atoms with E-state index < -0.39 is 10.0 Å². The Morgan fingerprint density at radius 2 is 1.81 bits per heavy atom. The molecule has 0 saturated heterocycles. The standard InChI is InChI=1S/C16H17NO3S/c1-4-11-17(12-15-8-7-14(3)20-15)21(18,19)16-9-5-13(2)6-10-16/h1,5-10H,11-12H2,2-3H3. The molecular weight excluding hydrogens is 286 g/mol. The number of aryl methyl sites for hydroxylation is 2. The lowest BCUT2D eigenvalue weighted by Crippen LogP contribution is -2.30. The molecule has 4 nitrogen and oxygen atoms in total. The van der Waals surface area contributed by atoms with Crippen LogP contribution in [-0.4, -0.2) is 19.3 Å². The van der Waals surface area contributed by atoms with Crippen molar-refractivity contribution in [1.82, 2.24) is 4.31 Å². The molecule has 1 heterocycles. The van der Waals surface area contributed by atoms with Gasteiger partial charge >= 0.3 is 0 Å². The van der Waals surface area contributed by atoms with E-state index in [1.165, 1.54) is 4.31 Å². The van der Waals surface area contributed by atoms with Crippen molar-refractivity contribution < 1.29 is 12.8 Å². The van der Waals surface area contributed by atoms with Crippen LogP contribution in [0.5, 0.6) is 0 Å². The Labute approximate surface area is 125 Å². The van der Waals surface area contributed by atoms with Gasteiger partial charge in [-0.2, -0.15) is 4.31 Å². The maximum Gasteiger partial charge on any atom is 0.244 e. The Hall–Kier alpha value is -2.03. The highest BCUT2D eigenvalue weighted by molar-refractivity contribution is 7.89. The number of rotatable bonds is 5. The Morgan fingerprint density at radius 1 is 1.14 bits per heavy atom. The summed E-state index contributed by atoms with van der Waals surface area (Å²) < 4.78 is 31.9. The molecule has 0 saturated carbocycles. The van der Waals surface area contributed by atoms with Gasteiger partial charge in [-0.05, 0) is 38.1 Å². The van der Waals surface area contributed by atoms with Gasteiger partial charge in [0.15, 0.2) is 0 Å². The Bertz CT molecular complexity index is 752. The van der Waals surface area contributed by atoms with Crippen LogP contribution in [-0.2, 0) is 16.6 Å². The minimum absolute atomic E-state index is 0.00401. The average Bonchev–Trinajstić information content (AvgIpc) is 2.84. The smallest absolute Gasteiger partial charge is 0.244 e. The van der Waals surface area contributed by atoms with Gasteiger partial charge < -0.3 is 4.42 Å². The molecule has 0 radical (unpaired) electrons. The largest absolute Gasteiger partial charge is 0.465 e. The number of benzene rings is 1. The van der Waals surface area contributed by atoms with Gasteiger partial charge in [-0.1, -0.05) is 23.6 Å². The second-order valence-corrected chi connectivity index (χ2v) is 6.74. The Kier molecular flexibility index (Phi) is 4.51. The monoisotopic (exact) mass is 303 g/mol. The van der Waals surface area contributed by atoms with Gasteiger partial charge in [-0.15, -0.1) is 6.42 Å². The summed E-state index contributed by atoms with van der Waals surface area (Å²) in [6, 6.07) is 10.2. The highest BCUT2D eigenvalue weighted by Gasteiger charge is 2.24. The lowest BCUT2D eigenvalue weighted by atomic mass is 10.2. The fourth-order valence-corrected chi connectivity index (χ4v) is 3.25. The second-order valence-electron chi connectivity index (χ2n) is 4.80. The van der Waals surface area contributed by atoms with Gasteiger partial charge in [0.25, 0.3) is 0 Å². The van der Waals surface area contributed by atoms with E-state index in [-0.39, 0.29) is 18.0 Å². The van der Waals surface area contributed by atoms with E-state index in [4.69, 9.17) is 10.8 Å². The minimum Gasteiger partial charge on any atom is -0.465 e. The molecule has 2 rings (SSSR count). The van der Waals surface area contributed by atoms with Crippen LogP contribution >= 0.6 is 0 Å². The minimum atomic E-state index is -3.64. The fraction of sp³-hybridized carbons (Fsp3) is 0.250. The summed E-state index contributed by atoms with van der Waals surface area (Å²) in [5.74, 6) is 3.69. The highest BCUT2D eigenvalue weighted by atomic mass is 32.2. The van der Waals surface area contributed by atoms with Crippen molar-refractivity contribution in [2.45, 2.75) is 25.3 Å². The first-order valence-corrected chi connectivity index (χ1v) is 7.93. The second kappa shape index (κ2) is 6.17. The topological polar surface area (TPSA) is 50.5 Å². The SMILES string of the molecule is C#CCN(Cc1ccc(C)o1)S(=O)(=O)c1ccc(C)cc1. The maximum atomic E-state index is 12.6. The molecule has 0 amide bonds. The number of hydrogen-bond donors (Lipinski definition) is 0. The van der Waals surface area contributed by atoms with E-state index in [0.29, 0.717) is 5.76 Å². The molecule has 110 valence electrons. The first kappa shape index (κ1) is 15.4. The lowest BCUT2D eigenvalue weighted by molar-refractivity contribution is 0.382. The summed E-state index contributed by atoms with van der Waals surface area (Å²) in [4.78, 5) is 0.228. The van der Waals surface area contributed by atoms with Crippen LogP contribution in [0.15, 0.2) is 45.7 Å². The van der Waals surface area contributed by atoms with E-state index in [0.717, 1.165) is 11.3 Å². The summed E-state index contributed by atoms with van der Waals surface area (Å²) in [6.07, 6.45) is 5.30. The van der Waals surface area contributed by atoms with Gasteiger partial charge in [-0.3, -0.25) is 0 Å². The summed E-state index contributed by atoms with van der Waals surface area (Å²) in [6.45, 7) is 3.83. The van der Waals surface area contributed by atoms with Gasteiger partial charge in [0.1, 0.15) is 11.5 Å². The van der Waals surface area contributed by atoms with Crippen molar-refractivity contribution in [3.63, 3.8) is 0 Å². The van der Waals surface area contributed by atoms with Gasteiger partial charge in [0.2, 0.25) is 10.0 Å². The first-order valence-electron chi connectivity index (χ1n) is 6.49. The third kappa shape index (κ3) is 3.54. The molecule has 0 spiro atoms. The van der Waals surface area contributed by atoms with Crippen molar-refractivity contribution in [3.05, 3.63) is 53.5 Å². The van der Waals surface area contributed by atoms with Crippen molar-refractivity contribution in [2.75, 3.05) is 6.54 Å². The summed E-state index contributed by atoms with van der Waals surface area (Å²) in [5.41, 5.74) is 0.999. The number of sulfonamides is 1. The van der Waals surface area contributed by atoms with Crippen LogP contribution in [0.1, 0.15) is 17.1 Å². The predicted octanol–water partition coefficient (Wildman–Crippen LogP) is 2.72. The van der Waals surface area contributed by atoms with Crippen LogP contribution in [0.25, 0.3) is 0 Å². The van der Waals surface area contributed by atoms with Crippen LogP contribution in [0.4, 0.5) is 0 Å². The van der Waals surface area contributed by atoms with Crippen LogP contribution in [0.3, 0.4) is 0 Å². The molecule has 5 heteroatoms. The molecule has 0 aliphatic carbocycles. The number of terminal acetylenes is 1. The number of hydrogen-bond acceptors (Lipinski definition) is 3. The van der Waals surface area contributed by atoms with Crippen molar-refractivity contribution in [1.29, 1.82) is 0 Å². The lowest BCUT2D eigenvalue weighted by Gasteiger charge is -2.19. The van der Waals surface area contributed by atoms with E-state index in [1.807, 2.05) is 13.8 Å². The quantitative estimate of drug-likeness (QED) is 0.798. The molecule has 1 aromatic heterocycles. The van der Waals surface area contributed by atoms with E-state index in [9.17, 15) is 8.42 Å². The number of furan rings is 1. The molecule has 0 unspecified atom stereocenters. The van der Waals surface area contributed by atoms with Crippen LogP contribution in [0.2, 0.25) is 0 Å². The van der Waals surface area contributed by atoms with Crippen LogP contribution in [0, 0.1) is 26.2 Å². The number of nitrogens with zero attached hydrogens (tertiary/aromatic N) is 1. The molecular formula is C16H17NO3S. The van der Waals surface area contributed by atoms with E-state index >= 15 is 0 Å². The fourth-order valence-electron chi connectivity index (χ4n) is 1.93. The van der Waals surface area contributed by atoms with Crippen molar-refractivity contribution in [3.8, 4) is 12.3 Å². The molecule has 21 heavy (non-hydrogen) atoms. The predicted molar refractivity (Wildman–Crippen MR) is 81.1 cm³/mol.